The quantitative estimate of drug-likeness (QED) is 0.195. The third kappa shape index (κ3) is 10.2. The zero-order valence-electron chi connectivity index (χ0n) is 23.0. The average Bonchev–Trinajstić information content (AvgIpc) is 3.56. The Kier molecular flexibility index (Phi) is 12.7. The van der Waals surface area contributed by atoms with Crippen LogP contribution in [-0.2, 0) is 19.1 Å². The fraction of sp³-hybridized carbons (Fsp3) is 0.759. The van der Waals surface area contributed by atoms with Gasteiger partial charge < -0.3 is 14.6 Å². The van der Waals surface area contributed by atoms with Gasteiger partial charge in [-0.05, 0) is 56.9 Å². The summed E-state index contributed by atoms with van der Waals surface area (Å²) in [7, 11) is 2.00. The number of carbonyl (C=O) groups excluding carboxylic acids is 1. The van der Waals surface area contributed by atoms with Gasteiger partial charge in [-0.2, -0.15) is 5.06 Å². The Morgan fingerprint density at radius 3 is 2.66 bits per heavy atom. The van der Waals surface area contributed by atoms with E-state index in [-0.39, 0.29) is 48.3 Å². The number of rotatable bonds is 9. The lowest BCUT2D eigenvalue weighted by atomic mass is 9.92. The molecule has 0 aromatic heterocycles. The van der Waals surface area contributed by atoms with Crippen molar-refractivity contribution in [3.05, 3.63) is 36.0 Å². The number of aliphatic hydroxyl groups excluding tert-OH is 1. The van der Waals surface area contributed by atoms with Gasteiger partial charge in [0.05, 0.1) is 31.0 Å². The molecule has 6 nitrogen and oxygen atoms in total. The molecule has 1 saturated heterocycles. The number of allylic oxidation sites excluding steroid dienone is 3. The maximum Gasteiger partial charge on any atom is 0.303 e. The van der Waals surface area contributed by atoms with Gasteiger partial charge in [-0.15, -0.1) is 0 Å². The monoisotopic (exact) mass is 491 g/mol. The van der Waals surface area contributed by atoms with E-state index in [0.717, 1.165) is 38.5 Å². The summed E-state index contributed by atoms with van der Waals surface area (Å²) in [4.78, 5) is 17.6. The van der Waals surface area contributed by atoms with E-state index in [1.807, 2.05) is 25.1 Å². The minimum Gasteiger partial charge on any atom is -0.458 e. The Hall–Kier alpha value is -1.47. The van der Waals surface area contributed by atoms with E-state index in [1.165, 1.54) is 12.5 Å². The Morgan fingerprint density at radius 2 is 1.97 bits per heavy atom. The smallest absolute Gasteiger partial charge is 0.303 e. The Bertz CT molecular complexity index is 733. The molecule has 200 valence electrons. The molecule has 6 heteroatoms. The molecule has 2 aliphatic heterocycles. The van der Waals surface area contributed by atoms with Crippen molar-refractivity contribution in [2.75, 3.05) is 13.7 Å². The van der Waals surface area contributed by atoms with Crippen molar-refractivity contribution in [3.63, 3.8) is 0 Å². The lowest BCUT2D eigenvalue weighted by Gasteiger charge is -2.32. The third-order valence-corrected chi connectivity index (χ3v) is 7.30. The molecule has 8 atom stereocenters. The van der Waals surface area contributed by atoms with E-state index in [1.54, 1.807) is 0 Å². The number of esters is 1. The second kappa shape index (κ2) is 14.9. The Balaban J connectivity index is 2.01. The minimum absolute atomic E-state index is 0.0798. The molecule has 0 saturated carbocycles. The lowest BCUT2D eigenvalue weighted by molar-refractivity contribution is -0.167. The second-order valence-corrected chi connectivity index (χ2v) is 10.5. The first-order valence-corrected chi connectivity index (χ1v) is 13.5. The number of likely N-dealkylation sites (N-methyl/N-ethyl adjacent to an activating group) is 1. The number of hydrogen-bond acceptors (Lipinski definition) is 6. The molecule has 0 aliphatic carbocycles. The summed E-state index contributed by atoms with van der Waals surface area (Å²) in [5, 5.41) is 12.0. The molecule has 0 bridgehead atoms. The first-order valence-electron chi connectivity index (χ1n) is 13.5. The zero-order chi connectivity index (χ0) is 26.0. The van der Waals surface area contributed by atoms with Crippen molar-refractivity contribution in [2.24, 2.45) is 17.8 Å². The van der Waals surface area contributed by atoms with E-state index in [9.17, 15) is 9.90 Å². The highest BCUT2D eigenvalue weighted by molar-refractivity contribution is 5.66. The Morgan fingerprint density at radius 1 is 1.23 bits per heavy atom. The number of ether oxygens (including phenoxy) is 2. The molecular formula is C29H49NO5. The number of aliphatic hydroxyl groups is 1. The standard InChI is InChI=1S/C29H49NO5/c1-8-26(32)23(5)29-27(35-29)19-20(2)13-12-14-21(3)28-22(4)16-17-25(34-24(6)31)15-10-9-11-18-33-30(28)7/h12-14,16-17,20,22-23,25-29,32H,8-11,15,18-19H2,1-7H3/b13-12+,17-16-,21-14+/t20-,22+,23-,25?,26+,27-,28-,29-/m1/s1. The molecule has 1 N–H and O–H groups in total. The van der Waals surface area contributed by atoms with Crippen LogP contribution in [0.25, 0.3) is 0 Å². The number of nitrogens with zero attached hydrogens (tertiary/aromatic N) is 1. The first-order chi connectivity index (χ1) is 16.6. The van der Waals surface area contributed by atoms with Gasteiger partial charge in [-0.25, -0.2) is 0 Å². The summed E-state index contributed by atoms with van der Waals surface area (Å²) >= 11 is 0. The summed E-state index contributed by atoms with van der Waals surface area (Å²) in [5.41, 5.74) is 1.22. The van der Waals surface area contributed by atoms with Crippen molar-refractivity contribution in [2.45, 2.75) is 111 Å². The van der Waals surface area contributed by atoms with Crippen LogP contribution < -0.4 is 0 Å². The van der Waals surface area contributed by atoms with Crippen molar-refractivity contribution >= 4 is 5.97 Å². The van der Waals surface area contributed by atoms with Crippen LogP contribution in [0.1, 0.15) is 80.1 Å². The topological polar surface area (TPSA) is 71.5 Å². The highest BCUT2D eigenvalue weighted by Crippen LogP contribution is 2.36. The maximum atomic E-state index is 11.5. The van der Waals surface area contributed by atoms with Crippen LogP contribution in [0.4, 0.5) is 0 Å². The number of hydroxylamine groups is 2. The van der Waals surface area contributed by atoms with E-state index < -0.39 is 0 Å². The van der Waals surface area contributed by atoms with Gasteiger partial charge in [0, 0.05) is 19.9 Å². The number of hydrogen-bond donors (Lipinski definition) is 1. The molecule has 0 amide bonds. The second-order valence-electron chi connectivity index (χ2n) is 10.5. The SMILES string of the molecule is CC[C@H](O)[C@@H](C)[C@H]1O[C@@H]1C[C@H](C)/C=C/C=C(\C)[C@@H]1[C@@H](C)/C=C\C(OC(C)=O)CCCCCON1C. The highest BCUT2D eigenvalue weighted by atomic mass is 16.7. The van der Waals surface area contributed by atoms with Crippen molar-refractivity contribution < 1.29 is 24.2 Å². The van der Waals surface area contributed by atoms with E-state index >= 15 is 0 Å². The van der Waals surface area contributed by atoms with Gasteiger partial charge in [-0.1, -0.05) is 64.0 Å². The van der Waals surface area contributed by atoms with Gasteiger partial charge >= 0.3 is 5.97 Å². The van der Waals surface area contributed by atoms with Gasteiger partial charge in [0.25, 0.3) is 0 Å². The van der Waals surface area contributed by atoms with Gasteiger partial charge in [0.2, 0.25) is 0 Å². The average molecular weight is 492 g/mol. The van der Waals surface area contributed by atoms with E-state index in [0.29, 0.717) is 12.5 Å². The van der Waals surface area contributed by atoms with Gasteiger partial charge in [0.1, 0.15) is 6.10 Å². The van der Waals surface area contributed by atoms with Crippen LogP contribution in [0.3, 0.4) is 0 Å². The van der Waals surface area contributed by atoms with Crippen LogP contribution in [0.5, 0.6) is 0 Å². The van der Waals surface area contributed by atoms with E-state index in [4.69, 9.17) is 14.3 Å². The zero-order valence-corrected chi connectivity index (χ0v) is 23.0. The fourth-order valence-electron chi connectivity index (χ4n) is 5.10. The molecule has 2 heterocycles. The lowest BCUT2D eigenvalue weighted by Crippen LogP contribution is -2.38. The molecule has 0 aromatic carbocycles. The molecule has 2 rings (SSSR count). The van der Waals surface area contributed by atoms with E-state index in [2.05, 4.69) is 52.0 Å². The maximum absolute atomic E-state index is 11.5. The van der Waals surface area contributed by atoms with Crippen molar-refractivity contribution in [1.29, 1.82) is 0 Å². The minimum atomic E-state index is -0.285. The summed E-state index contributed by atoms with van der Waals surface area (Å²) in [6.45, 7) is 12.8. The molecule has 1 fully saturated rings. The first kappa shape index (κ1) is 29.8. The largest absolute Gasteiger partial charge is 0.458 e. The van der Waals surface area contributed by atoms with Crippen LogP contribution in [0.2, 0.25) is 0 Å². The summed E-state index contributed by atoms with van der Waals surface area (Å²) in [6, 6.07) is 0.0798. The molecule has 2 aliphatic rings. The van der Waals surface area contributed by atoms with Gasteiger partial charge in [0.15, 0.2) is 0 Å². The Labute approximate surface area is 213 Å². The normalized spacial score (nSPS) is 32.8. The van der Waals surface area contributed by atoms with Crippen LogP contribution >= 0.6 is 0 Å². The molecule has 35 heavy (non-hydrogen) atoms. The third-order valence-electron chi connectivity index (χ3n) is 7.30. The molecule has 0 aromatic rings. The van der Waals surface area contributed by atoms with Crippen molar-refractivity contribution in [1.82, 2.24) is 5.06 Å². The van der Waals surface area contributed by atoms with Crippen LogP contribution in [-0.4, -0.2) is 60.3 Å². The number of carbonyl (C=O) groups is 1. The summed E-state index contributed by atoms with van der Waals surface area (Å²) in [6.07, 6.45) is 16.4. The predicted molar refractivity (Wildman–Crippen MR) is 141 cm³/mol. The fourth-order valence-corrected chi connectivity index (χ4v) is 5.10. The summed E-state index contributed by atoms with van der Waals surface area (Å²) in [5.74, 6) is 0.541. The number of epoxide rings is 1. The molecule has 0 radical (unpaired) electrons. The molecule has 1 unspecified atom stereocenters. The van der Waals surface area contributed by atoms with Gasteiger partial charge in [-0.3, -0.25) is 9.63 Å². The van der Waals surface area contributed by atoms with Crippen molar-refractivity contribution in [3.8, 4) is 0 Å². The van der Waals surface area contributed by atoms with Crippen LogP contribution in [0, 0.1) is 17.8 Å². The van der Waals surface area contributed by atoms with Crippen LogP contribution in [0.15, 0.2) is 36.0 Å². The highest BCUT2D eigenvalue weighted by Gasteiger charge is 2.44. The molecule has 0 spiro atoms. The predicted octanol–water partition coefficient (Wildman–Crippen LogP) is 5.62. The molecular weight excluding hydrogens is 442 g/mol. The summed E-state index contributed by atoms with van der Waals surface area (Å²) < 4.78 is 11.4.